The molecular formula is C40H44FN7O7. The molecule has 6 rings (SSSR count). The van der Waals surface area contributed by atoms with Gasteiger partial charge in [-0.15, -0.1) is 0 Å². The number of amides is 5. The van der Waals surface area contributed by atoms with Crippen LogP contribution in [0.1, 0.15) is 80.7 Å². The number of likely N-dealkylation sites (tertiary alicyclic amines) is 2. The number of rotatable bonds is 16. The summed E-state index contributed by atoms with van der Waals surface area (Å²) in [6.45, 7) is 2.25. The standard InChI is InChI=1S/C40H44FN7O7/c41-28-13-11-26(12-14-28)23-27-24-31-35(44-25-27)36(51)34(38(53)43-15-5-18-45-16-3-9-32(45)49)40(55)48(31)22-21-47(20-6-19-46-17-4-10-33(46)50)39(54)30-8-2-1-7-29(30)37(42)52/h1-2,7-8,11-14,24-25,51H,3-6,9-10,15-23H2,(H2,42,52)(H,43,53). The van der Waals surface area contributed by atoms with Crippen LogP contribution in [-0.2, 0) is 22.6 Å². The van der Waals surface area contributed by atoms with Crippen molar-refractivity contribution >= 4 is 40.6 Å². The van der Waals surface area contributed by atoms with E-state index in [1.807, 2.05) is 0 Å². The van der Waals surface area contributed by atoms with Gasteiger partial charge < -0.3 is 35.4 Å². The average molecular weight is 754 g/mol. The highest BCUT2D eigenvalue weighted by molar-refractivity contribution is 6.06. The molecule has 0 radical (unpaired) electrons. The lowest BCUT2D eigenvalue weighted by molar-refractivity contribution is -0.128. The quantitative estimate of drug-likeness (QED) is 0.146. The molecule has 2 aromatic carbocycles. The molecule has 0 atom stereocenters. The van der Waals surface area contributed by atoms with Gasteiger partial charge >= 0.3 is 0 Å². The maximum absolute atomic E-state index is 14.3. The number of nitrogens with one attached hydrogen (secondary N) is 1. The number of carbonyl (C=O) groups is 5. The van der Waals surface area contributed by atoms with E-state index < -0.39 is 34.6 Å². The highest BCUT2D eigenvalue weighted by Crippen LogP contribution is 2.27. The van der Waals surface area contributed by atoms with Gasteiger partial charge in [-0.05, 0) is 73.6 Å². The lowest BCUT2D eigenvalue weighted by Crippen LogP contribution is -2.40. The number of primary amides is 1. The Labute approximate surface area is 316 Å². The monoisotopic (exact) mass is 753 g/mol. The van der Waals surface area contributed by atoms with E-state index in [0.717, 1.165) is 18.4 Å². The van der Waals surface area contributed by atoms with Gasteiger partial charge in [0.1, 0.15) is 16.9 Å². The van der Waals surface area contributed by atoms with Gasteiger partial charge in [0.15, 0.2) is 5.75 Å². The Morgan fingerprint density at radius 1 is 0.855 bits per heavy atom. The molecule has 0 unspecified atom stereocenters. The van der Waals surface area contributed by atoms with Crippen molar-refractivity contribution in [3.05, 3.63) is 105 Å². The third-order valence-corrected chi connectivity index (χ3v) is 10.1. The lowest BCUT2D eigenvalue weighted by atomic mass is 10.0. The normalized spacial score (nSPS) is 14.2. The van der Waals surface area contributed by atoms with Crippen molar-refractivity contribution in [2.24, 2.45) is 5.73 Å². The molecule has 5 amide bonds. The second kappa shape index (κ2) is 17.3. The van der Waals surface area contributed by atoms with Crippen LogP contribution in [0.4, 0.5) is 4.39 Å². The van der Waals surface area contributed by atoms with Gasteiger partial charge in [-0.25, -0.2) is 4.39 Å². The van der Waals surface area contributed by atoms with Gasteiger partial charge in [0.05, 0.1) is 16.6 Å². The Balaban J connectivity index is 1.32. The molecule has 2 aliphatic rings. The number of benzene rings is 2. The molecule has 0 bridgehead atoms. The van der Waals surface area contributed by atoms with Crippen LogP contribution in [-0.4, -0.2) is 105 Å². The first-order valence-electron chi connectivity index (χ1n) is 18.5. The Hall–Kier alpha value is -6.12. The molecule has 2 saturated heterocycles. The summed E-state index contributed by atoms with van der Waals surface area (Å²) < 4.78 is 14.9. The van der Waals surface area contributed by atoms with Crippen LogP contribution in [0.3, 0.4) is 0 Å². The van der Waals surface area contributed by atoms with Crippen molar-refractivity contribution in [3.8, 4) is 5.75 Å². The highest BCUT2D eigenvalue weighted by Gasteiger charge is 2.27. The second-order valence-corrected chi connectivity index (χ2v) is 13.8. The second-order valence-electron chi connectivity index (χ2n) is 13.8. The number of nitrogens with zero attached hydrogens (tertiary/aromatic N) is 5. The van der Waals surface area contributed by atoms with Gasteiger partial charge in [0.25, 0.3) is 17.4 Å². The summed E-state index contributed by atoms with van der Waals surface area (Å²) in [7, 11) is 0. The van der Waals surface area contributed by atoms with Gasteiger partial charge in [0, 0.05) is 71.4 Å². The molecule has 2 aliphatic heterocycles. The van der Waals surface area contributed by atoms with E-state index in [9.17, 15) is 38.3 Å². The number of pyridine rings is 2. The number of hydrogen-bond donors (Lipinski definition) is 3. The van der Waals surface area contributed by atoms with Gasteiger partial charge in [0.2, 0.25) is 17.7 Å². The maximum Gasteiger partial charge on any atom is 0.267 e. The summed E-state index contributed by atoms with van der Waals surface area (Å²) in [4.78, 5) is 87.9. The molecule has 14 nitrogen and oxygen atoms in total. The fraction of sp³-hybridized carbons (Fsp3) is 0.375. The average Bonchev–Trinajstić information content (AvgIpc) is 3.79. The molecule has 2 aromatic heterocycles. The molecule has 4 N–H and O–H groups in total. The molecule has 2 fully saturated rings. The number of aromatic nitrogens is 2. The van der Waals surface area contributed by atoms with Gasteiger partial charge in [-0.3, -0.25) is 33.8 Å². The fourth-order valence-corrected chi connectivity index (χ4v) is 7.19. The van der Waals surface area contributed by atoms with E-state index in [0.29, 0.717) is 63.8 Å². The minimum atomic E-state index is -0.818. The van der Waals surface area contributed by atoms with Gasteiger partial charge in [-0.2, -0.15) is 0 Å². The summed E-state index contributed by atoms with van der Waals surface area (Å²) in [5.41, 5.74) is 5.99. The third-order valence-electron chi connectivity index (χ3n) is 10.1. The molecule has 0 spiro atoms. The predicted molar refractivity (Wildman–Crippen MR) is 201 cm³/mol. The molecule has 0 aliphatic carbocycles. The summed E-state index contributed by atoms with van der Waals surface area (Å²) in [5.74, 6) is -3.01. The SMILES string of the molecule is NC(=O)c1ccccc1C(=O)N(CCCN1CCCC1=O)CCn1c(=O)c(C(=O)NCCCN2CCCC2=O)c(O)c2ncc(Cc3ccc(F)cc3)cc21. The Kier molecular flexibility index (Phi) is 12.2. The predicted octanol–water partition coefficient (Wildman–Crippen LogP) is 2.83. The van der Waals surface area contributed by atoms with Crippen LogP contribution in [0.5, 0.6) is 5.75 Å². The van der Waals surface area contributed by atoms with E-state index in [2.05, 4.69) is 10.3 Å². The Morgan fingerprint density at radius 3 is 2.15 bits per heavy atom. The minimum Gasteiger partial charge on any atom is -0.505 e. The zero-order chi connectivity index (χ0) is 39.1. The first kappa shape index (κ1) is 38.6. The largest absolute Gasteiger partial charge is 0.505 e. The van der Waals surface area contributed by atoms with E-state index in [4.69, 9.17) is 5.73 Å². The van der Waals surface area contributed by atoms with Crippen molar-refractivity contribution in [2.45, 2.75) is 51.5 Å². The molecule has 4 aromatic rings. The first-order chi connectivity index (χ1) is 26.5. The van der Waals surface area contributed by atoms with Crippen molar-refractivity contribution in [2.75, 3.05) is 45.8 Å². The number of nitrogens with two attached hydrogens (primary N) is 1. The van der Waals surface area contributed by atoms with E-state index in [-0.39, 0.29) is 66.0 Å². The van der Waals surface area contributed by atoms with Crippen LogP contribution >= 0.6 is 0 Å². The van der Waals surface area contributed by atoms with Crippen LogP contribution in [0.2, 0.25) is 0 Å². The zero-order valence-electron chi connectivity index (χ0n) is 30.5. The maximum atomic E-state index is 14.3. The van der Waals surface area contributed by atoms with Crippen LogP contribution in [0, 0.1) is 5.82 Å². The lowest BCUT2D eigenvalue weighted by Gasteiger charge is -2.26. The number of fused-ring (bicyclic) bond motifs is 1. The van der Waals surface area contributed by atoms with E-state index >= 15 is 0 Å². The summed E-state index contributed by atoms with van der Waals surface area (Å²) in [5, 5.41) is 14.1. The fourth-order valence-electron chi connectivity index (χ4n) is 7.19. The first-order valence-corrected chi connectivity index (χ1v) is 18.5. The van der Waals surface area contributed by atoms with Crippen molar-refractivity contribution in [1.29, 1.82) is 0 Å². The number of carbonyl (C=O) groups excluding carboxylic acids is 5. The molecule has 4 heterocycles. The van der Waals surface area contributed by atoms with E-state index in [1.165, 1.54) is 39.9 Å². The molecule has 55 heavy (non-hydrogen) atoms. The topological polar surface area (TPSA) is 188 Å². The van der Waals surface area contributed by atoms with Crippen molar-refractivity contribution < 1.29 is 33.5 Å². The molecular weight excluding hydrogens is 709 g/mol. The number of halogens is 1. The Bertz CT molecular complexity index is 2170. The summed E-state index contributed by atoms with van der Waals surface area (Å²) in [6.07, 6.45) is 5.20. The highest BCUT2D eigenvalue weighted by atomic mass is 19.1. The van der Waals surface area contributed by atoms with E-state index in [1.54, 1.807) is 40.1 Å². The molecule has 15 heteroatoms. The van der Waals surface area contributed by atoms with Gasteiger partial charge in [-0.1, -0.05) is 24.3 Å². The van der Waals surface area contributed by atoms with Crippen molar-refractivity contribution in [3.63, 3.8) is 0 Å². The molecule has 0 saturated carbocycles. The summed E-state index contributed by atoms with van der Waals surface area (Å²) >= 11 is 0. The van der Waals surface area contributed by atoms with Crippen LogP contribution in [0.25, 0.3) is 11.0 Å². The van der Waals surface area contributed by atoms with Crippen molar-refractivity contribution in [1.82, 2.24) is 29.6 Å². The number of hydrogen-bond acceptors (Lipinski definition) is 8. The smallest absolute Gasteiger partial charge is 0.267 e. The van der Waals surface area contributed by atoms with Crippen LogP contribution < -0.4 is 16.6 Å². The van der Waals surface area contributed by atoms with Crippen LogP contribution in [0.15, 0.2) is 65.6 Å². The molecule has 288 valence electrons. The summed E-state index contributed by atoms with van der Waals surface area (Å²) in [6, 6.07) is 13.7. The third kappa shape index (κ3) is 8.99. The number of aromatic hydroxyl groups is 1. The minimum absolute atomic E-state index is 0.0141. The zero-order valence-corrected chi connectivity index (χ0v) is 30.5. The Morgan fingerprint density at radius 2 is 1.51 bits per heavy atom.